The molecular formula is C60H114O15. The Labute approximate surface area is 455 Å². The topological polar surface area (TPSA) is 220 Å². The SMILES string of the molecule is CCCCCCCCCCCCCCCOCC(CO[C@H]1O[C@H](CO)[C@@H](O)C(O[C@H]2O[C@H](COC(=O)CCCCCCCCCCCCCC)[C@@H](O)[C@H](O)[C@H]2O)[C@H]1O)OC(=O)CCCCCCCCCCCCCC. The number of aliphatic hydroxyl groups excluding tert-OH is 6. The number of carbonyl (C=O) groups is 2. The van der Waals surface area contributed by atoms with E-state index in [9.17, 15) is 40.2 Å². The average molecular weight is 1080 g/mol. The Morgan fingerprint density at radius 1 is 0.427 bits per heavy atom. The first kappa shape index (κ1) is 69.6. The van der Waals surface area contributed by atoms with E-state index in [1.54, 1.807) is 0 Å². The third kappa shape index (κ3) is 33.6. The van der Waals surface area contributed by atoms with E-state index in [1.807, 2.05) is 0 Å². The van der Waals surface area contributed by atoms with E-state index in [-0.39, 0.29) is 32.0 Å². The number of hydrogen-bond acceptors (Lipinski definition) is 15. The second-order valence-corrected chi connectivity index (χ2v) is 22.0. The van der Waals surface area contributed by atoms with Crippen LogP contribution in [-0.4, -0.2) is 143 Å². The first-order chi connectivity index (χ1) is 36.6. The molecule has 2 rings (SSSR count). The summed E-state index contributed by atoms with van der Waals surface area (Å²) >= 11 is 0. The van der Waals surface area contributed by atoms with Gasteiger partial charge in [-0.1, -0.05) is 239 Å². The summed E-state index contributed by atoms with van der Waals surface area (Å²) in [6.45, 7) is 5.86. The lowest BCUT2D eigenvalue weighted by atomic mass is 9.97. The van der Waals surface area contributed by atoms with Gasteiger partial charge in [0, 0.05) is 19.4 Å². The Bertz CT molecular complexity index is 1310. The van der Waals surface area contributed by atoms with Crippen LogP contribution in [0.2, 0.25) is 0 Å². The number of rotatable bonds is 51. The lowest BCUT2D eigenvalue weighted by Gasteiger charge is -2.46. The molecule has 2 unspecified atom stereocenters. The van der Waals surface area contributed by atoms with Gasteiger partial charge in [0.2, 0.25) is 0 Å². The Hall–Kier alpha value is -1.50. The first-order valence-corrected chi connectivity index (χ1v) is 31.1. The Kier molecular flexibility index (Phi) is 43.9. The molecule has 2 saturated heterocycles. The van der Waals surface area contributed by atoms with Crippen LogP contribution >= 0.6 is 0 Å². The molecule has 6 N–H and O–H groups in total. The van der Waals surface area contributed by atoms with E-state index >= 15 is 0 Å². The van der Waals surface area contributed by atoms with E-state index in [1.165, 1.54) is 167 Å². The third-order valence-electron chi connectivity index (χ3n) is 15.1. The third-order valence-corrected chi connectivity index (χ3v) is 15.1. The van der Waals surface area contributed by atoms with Crippen LogP contribution in [0.25, 0.3) is 0 Å². The predicted octanol–water partition coefficient (Wildman–Crippen LogP) is 11.4. The summed E-state index contributed by atoms with van der Waals surface area (Å²) < 4.78 is 40.8. The van der Waals surface area contributed by atoms with Gasteiger partial charge < -0.3 is 63.8 Å². The zero-order valence-corrected chi connectivity index (χ0v) is 47.8. The molecule has 15 heteroatoms. The molecule has 15 nitrogen and oxygen atoms in total. The van der Waals surface area contributed by atoms with Gasteiger partial charge in [0.1, 0.15) is 61.5 Å². The van der Waals surface area contributed by atoms with Gasteiger partial charge in [0.25, 0.3) is 0 Å². The highest BCUT2D eigenvalue weighted by atomic mass is 16.7. The molecule has 0 aliphatic carbocycles. The molecule has 0 radical (unpaired) electrons. The first-order valence-electron chi connectivity index (χ1n) is 31.1. The van der Waals surface area contributed by atoms with Crippen molar-refractivity contribution in [2.75, 3.05) is 33.0 Å². The van der Waals surface area contributed by atoms with Crippen molar-refractivity contribution in [2.24, 2.45) is 0 Å². The Morgan fingerprint density at radius 3 is 1.27 bits per heavy atom. The fraction of sp³-hybridized carbons (Fsp3) is 0.967. The molecule has 0 spiro atoms. The minimum absolute atomic E-state index is 0.0465. The number of carbonyl (C=O) groups excluding carboxylic acids is 2. The van der Waals surface area contributed by atoms with E-state index < -0.39 is 86.7 Å². The van der Waals surface area contributed by atoms with Gasteiger partial charge >= 0.3 is 11.9 Å². The zero-order valence-electron chi connectivity index (χ0n) is 47.8. The molecule has 0 aromatic heterocycles. The number of ether oxygens (including phenoxy) is 7. The normalized spacial score (nSPS) is 24.4. The van der Waals surface area contributed by atoms with Crippen molar-refractivity contribution in [2.45, 2.75) is 339 Å². The molecule has 2 fully saturated rings. The van der Waals surface area contributed by atoms with Gasteiger partial charge in [-0.3, -0.25) is 9.59 Å². The maximum absolute atomic E-state index is 13.1. The van der Waals surface area contributed by atoms with Crippen LogP contribution in [-0.2, 0) is 42.7 Å². The quantitative estimate of drug-likeness (QED) is 0.0246. The van der Waals surface area contributed by atoms with Crippen LogP contribution in [0, 0.1) is 0 Å². The maximum atomic E-state index is 13.1. The second kappa shape index (κ2) is 47.3. The molecular weight excluding hydrogens is 961 g/mol. The highest BCUT2D eigenvalue weighted by molar-refractivity contribution is 5.69. The average Bonchev–Trinajstić information content (AvgIpc) is 3.40. The summed E-state index contributed by atoms with van der Waals surface area (Å²) in [6, 6.07) is 0. The monoisotopic (exact) mass is 1070 g/mol. The van der Waals surface area contributed by atoms with Crippen LogP contribution in [0.5, 0.6) is 0 Å². The van der Waals surface area contributed by atoms with Gasteiger partial charge in [-0.25, -0.2) is 0 Å². The molecule has 0 aromatic rings. The van der Waals surface area contributed by atoms with Crippen molar-refractivity contribution in [3.63, 3.8) is 0 Å². The molecule has 444 valence electrons. The summed E-state index contributed by atoms with van der Waals surface area (Å²) in [5.41, 5.74) is 0. The van der Waals surface area contributed by atoms with Crippen molar-refractivity contribution in [3.05, 3.63) is 0 Å². The summed E-state index contributed by atoms with van der Waals surface area (Å²) in [6.07, 6.45) is 27.6. The number of esters is 2. The lowest BCUT2D eigenvalue weighted by Crippen LogP contribution is -2.65. The van der Waals surface area contributed by atoms with Crippen LogP contribution in [0.1, 0.15) is 271 Å². The Balaban J connectivity index is 1.89. The van der Waals surface area contributed by atoms with Gasteiger partial charge in [0.05, 0.1) is 19.8 Å². The van der Waals surface area contributed by atoms with Crippen molar-refractivity contribution >= 4 is 11.9 Å². The molecule has 2 heterocycles. The van der Waals surface area contributed by atoms with Crippen molar-refractivity contribution < 1.29 is 73.4 Å². The second-order valence-electron chi connectivity index (χ2n) is 22.0. The molecule has 0 aromatic carbocycles. The number of hydrogen-bond donors (Lipinski definition) is 6. The number of aliphatic hydroxyl groups is 6. The molecule has 75 heavy (non-hydrogen) atoms. The molecule has 0 saturated carbocycles. The van der Waals surface area contributed by atoms with Crippen molar-refractivity contribution in [3.8, 4) is 0 Å². The van der Waals surface area contributed by atoms with Crippen LogP contribution in [0.3, 0.4) is 0 Å². The summed E-state index contributed by atoms with van der Waals surface area (Å²) in [5.74, 6) is -0.876. The summed E-state index contributed by atoms with van der Waals surface area (Å²) in [4.78, 5) is 25.8. The highest BCUT2D eigenvalue weighted by Crippen LogP contribution is 2.30. The van der Waals surface area contributed by atoms with Gasteiger partial charge in [-0.2, -0.15) is 0 Å². The van der Waals surface area contributed by atoms with Gasteiger partial charge in [-0.05, 0) is 19.3 Å². The predicted molar refractivity (Wildman–Crippen MR) is 294 cm³/mol. The van der Waals surface area contributed by atoms with Gasteiger partial charge in [0.15, 0.2) is 12.6 Å². The van der Waals surface area contributed by atoms with E-state index in [2.05, 4.69) is 20.8 Å². The standard InChI is InChI=1S/C60H114O15/c1-4-7-10-13-16-19-22-25-28-31-34-37-40-43-69-45-48(72-52(63)42-39-36-33-30-27-24-21-18-15-12-9-6-3)46-71-59-57(68)58(54(65)49(44-61)73-59)75-60-56(67)55(66)53(64)50(74-60)47-70-51(62)41-38-35-32-29-26-23-20-17-14-11-8-5-2/h48-50,53-61,64-68H,4-47H2,1-3H3/t48?,49-,50-,53-,54-,55+,56-,57-,58?,59+,60-/m1/s1. The smallest absolute Gasteiger partial charge is 0.306 e. The molecule has 0 bridgehead atoms. The van der Waals surface area contributed by atoms with Crippen molar-refractivity contribution in [1.82, 2.24) is 0 Å². The van der Waals surface area contributed by atoms with Crippen LogP contribution < -0.4 is 0 Å². The largest absolute Gasteiger partial charge is 0.463 e. The van der Waals surface area contributed by atoms with E-state index in [0.717, 1.165) is 57.8 Å². The van der Waals surface area contributed by atoms with Crippen molar-refractivity contribution in [1.29, 1.82) is 0 Å². The van der Waals surface area contributed by atoms with Gasteiger partial charge in [-0.15, -0.1) is 0 Å². The molecule has 2 aliphatic heterocycles. The minimum Gasteiger partial charge on any atom is -0.463 e. The van der Waals surface area contributed by atoms with Crippen LogP contribution in [0.15, 0.2) is 0 Å². The van der Waals surface area contributed by atoms with Crippen LogP contribution in [0.4, 0.5) is 0 Å². The molecule has 2 aliphatic rings. The minimum atomic E-state index is -1.83. The molecule has 0 amide bonds. The van der Waals surface area contributed by atoms with E-state index in [0.29, 0.717) is 19.4 Å². The number of unbranched alkanes of at least 4 members (excludes halogenated alkanes) is 34. The fourth-order valence-electron chi connectivity index (χ4n) is 10.1. The Morgan fingerprint density at radius 2 is 0.827 bits per heavy atom. The van der Waals surface area contributed by atoms with E-state index in [4.69, 9.17) is 33.2 Å². The highest BCUT2D eigenvalue weighted by Gasteiger charge is 2.51. The summed E-state index contributed by atoms with van der Waals surface area (Å²) in [7, 11) is 0. The fourth-order valence-corrected chi connectivity index (χ4v) is 10.1. The zero-order chi connectivity index (χ0) is 54.6. The summed E-state index contributed by atoms with van der Waals surface area (Å²) in [5, 5.41) is 65.4. The lowest BCUT2D eigenvalue weighted by molar-refractivity contribution is -0.361. The maximum Gasteiger partial charge on any atom is 0.306 e. The molecule has 11 atom stereocenters.